The van der Waals surface area contributed by atoms with Gasteiger partial charge < -0.3 is 11.1 Å². The van der Waals surface area contributed by atoms with Crippen LogP contribution in [0.5, 0.6) is 0 Å². The molecule has 5 heteroatoms. The number of carbonyl (C=O) groups excluding carboxylic acids is 1. The fraction of sp³-hybridized carbons (Fsp3) is 0.400. The first kappa shape index (κ1) is 12.1. The minimum absolute atomic E-state index is 0.108. The largest absolute Gasteiger partial charge is 0.320 e. The van der Waals surface area contributed by atoms with Crippen LogP contribution in [-0.4, -0.2) is 16.9 Å². The van der Waals surface area contributed by atoms with Gasteiger partial charge in [-0.25, -0.2) is 4.98 Å². The summed E-state index contributed by atoms with van der Waals surface area (Å²) in [6.45, 7) is 3.80. The van der Waals surface area contributed by atoms with Crippen LogP contribution >= 0.6 is 15.9 Å². The molecular formula is C10H14BrN3O. The third kappa shape index (κ3) is 3.60. The highest BCUT2D eigenvalue weighted by atomic mass is 79.9. The van der Waals surface area contributed by atoms with Crippen molar-refractivity contribution in [2.45, 2.75) is 19.9 Å². The molecule has 4 nitrogen and oxygen atoms in total. The molecule has 1 rings (SSSR count). The Balaban J connectivity index is 2.66. The molecule has 1 atom stereocenters. The summed E-state index contributed by atoms with van der Waals surface area (Å²) in [5, 5.41) is 2.66. The molecule has 0 aromatic carbocycles. The second-order valence-electron chi connectivity index (χ2n) is 3.60. The Labute approximate surface area is 97.4 Å². The molecule has 0 aliphatic rings. The van der Waals surface area contributed by atoms with Crippen molar-refractivity contribution in [2.24, 2.45) is 11.7 Å². The van der Waals surface area contributed by atoms with Gasteiger partial charge in [-0.1, -0.05) is 19.9 Å². The van der Waals surface area contributed by atoms with Crippen LogP contribution in [0.4, 0.5) is 5.82 Å². The van der Waals surface area contributed by atoms with Gasteiger partial charge in [-0.3, -0.25) is 4.79 Å². The molecule has 0 aliphatic carbocycles. The summed E-state index contributed by atoms with van der Waals surface area (Å²) >= 11 is 3.22. The summed E-state index contributed by atoms with van der Waals surface area (Å²) in [4.78, 5) is 15.7. The topological polar surface area (TPSA) is 68.0 Å². The molecule has 3 N–H and O–H groups in total. The maximum Gasteiger partial charge on any atom is 0.242 e. The lowest BCUT2D eigenvalue weighted by Gasteiger charge is -2.14. The van der Waals surface area contributed by atoms with E-state index in [1.165, 1.54) is 0 Å². The highest BCUT2D eigenvalue weighted by Crippen LogP contribution is 2.10. The first-order valence-electron chi connectivity index (χ1n) is 4.69. The van der Waals surface area contributed by atoms with E-state index in [4.69, 9.17) is 5.73 Å². The van der Waals surface area contributed by atoms with Crippen molar-refractivity contribution in [1.29, 1.82) is 0 Å². The zero-order valence-electron chi connectivity index (χ0n) is 8.70. The van der Waals surface area contributed by atoms with Gasteiger partial charge >= 0.3 is 0 Å². The predicted molar refractivity (Wildman–Crippen MR) is 63.4 cm³/mol. The molecule has 1 unspecified atom stereocenters. The number of amides is 1. The molecule has 0 aliphatic heterocycles. The number of aromatic nitrogens is 1. The summed E-state index contributed by atoms with van der Waals surface area (Å²) in [6, 6.07) is 4.80. The number of hydrogen-bond acceptors (Lipinski definition) is 3. The van der Waals surface area contributed by atoms with Crippen molar-refractivity contribution in [2.75, 3.05) is 5.32 Å². The smallest absolute Gasteiger partial charge is 0.242 e. The average molecular weight is 272 g/mol. The van der Waals surface area contributed by atoms with Crippen LogP contribution < -0.4 is 11.1 Å². The minimum Gasteiger partial charge on any atom is -0.320 e. The third-order valence-corrected chi connectivity index (χ3v) is 2.43. The molecule has 1 heterocycles. The van der Waals surface area contributed by atoms with E-state index in [2.05, 4.69) is 26.2 Å². The summed E-state index contributed by atoms with van der Waals surface area (Å²) in [7, 11) is 0. The number of carbonyl (C=O) groups is 1. The van der Waals surface area contributed by atoms with Crippen LogP contribution in [0.15, 0.2) is 22.8 Å². The van der Waals surface area contributed by atoms with Gasteiger partial charge in [0, 0.05) is 0 Å². The number of anilines is 1. The molecule has 1 aromatic heterocycles. The van der Waals surface area contributed by atoms with E-state index < -0.39 is 6.04 Å². The van der Waals surface area contributed by atoms with Gasteiger partial charge in [0.05, 0.1) is 6.04 Å². The van der Waals surface area contributed by atoms with E-state index in [0.717, 1.165) is 0 Å². The molecule has 0 spiro atoms. The van der Waals surface area contributed by atoms with Crippen LogP contribution in [0.3, 0.4) is 0 Å². The fourth-order valence-electron chi connectivity index (χ4n) is 0.990. The van der Waals surface area contributed by atoms with E-state index in [0.29, 0.717) is 10.4 Å². The molecule has 15 heavy (non-hydrogen) atoms. The van der Waals surface area contributed by atoms with Crippen LogP contribution in [0, 0.1) is 5.92 Å². The van der Waals surface area contributed by atoms with E-state index in [1.807, 2.05) is 13.8 Å². The average Bonchev–Trinajstić information content (AvgIpc) is 2.16. The lowest BCUT2D eigenvalue weighted by atomic mass is 10.1. The second-order valence-corrected chi connectivity index (χ2v) is 4.42. The Morgan fingerprint density at radius 1 is 1.53 bits per heavy atom. The normalized spacial score (nSPS) is 12.6. The van der Waals surface area contributed by atoms with Crippen LogP contribution in [0.25, 0.3) is 0 Å². The third-order valence-electron chi connectivity index (χ3n) is 1.99. The molecular weight excluding hydrogens is 258 g/mol. The van der Waals surface area contributed by atoms with Gasteiger partial charge in [0.25, 0.3) is 0 Å². The minimum atomic E-state index is -0.509. The van der Waals surface area contributed by atoms with Gasteiger partial charge in [0.2, 0.25) is 5.91 Å². The Morgan fingerprint density at radius 2 is 2.20 bits per heavy atom. The standard InChI is InChI=1S/C10H14BrN3O/c1-6(2)9(12)10(15)14-8-5-3-4-7(11)13-8/h3-6,9H,12H2,1-2H3,(H,13,14,15). The monoisotopic (exact) mass is 271 g/mol. The van der Waals surface area contributed by atoms with Gasteiger partial charge in [0.1, 0.15) is 10.4 Å². The van der Waals surface area contributed by atoms with Gasteiger partial charge in [-0.2, -0.15) is 0 Å². The molecule has 0 radical (unpaired) electrons. The Bertz CT molecular complexity index is 354. The van der Waals surface area contributed by atoms with E-state index in [1.54, 1.807) is 18.2 Å². The van der Waals surface area contributed by atoms with Gasteiger partial charge in [-0.15, -0.1) is 0 Å². The Hall–Kier alpha value is -0.940. The maximum absolute atomic E-state index is 11.6. The predicted octanol–water partition coefficient (Wildman–Crippen LogP) is 1.77. The van der Waals surface area contributed by atoms with E-state index in [-0.39, 0.29) is 11.8 Å². The molecule has 82 valence electrons. The van der Waals surface area contributed by atoms with Crippen LogP contribution in [0.2, 0.25) is 0 Å². The Kier molecular flexibility index (Phi) is 4.23. The number of rotatable bonds is 3. The van der Waals surface area contributed by atoms with Gasteiger partial charge in [-0.05, 0) is 34.0 Å². The van der Waals surface area contributed by atoms with E-state index in [9.17, 15) is 4.79 Å². The van der Waals surface area contributed by atoms with Crippen molar-refractivity contribution in [1.82, 2.24) is 4.98 Å². The fourth-order valence-corrected chi connectivity index (χ4v) is 1.33. The molecule has 0 saturated heterocycles. The lowest BCUT2D eigenvalue weighted by Crippen LogP contribution is -2.39. The Morgan fingerprint density at radius 3 is 2.73 bits per heavy atom. The molecule has 0 fully saturated rings. The number of nitrogens with two attached hydrogens (primary N) is 1. The number of pyridine rings is 1. The zero-order valence-corrected chi connectivity index (χ0v) is 10.3. The summed E-state index contributed by atoms with van der Waals surface area (Å²) < 4.78 is 0.679. The second kappa shape index (κ2) is 5.23. The summed E-state index contributed by atoms with van der Waals surface area (Å²) in [5.41, 5.74) is 5.69. The lowest BCUT2D eigenvalue weighted by molar-refractivity contribution is -0.118. The summed E-state index contributed by atoms with van der Waals surface area (Å²) in [5.74, 6) is 0.401. The van der Waals surface area contributed by atoms with Crippen molar-refractivity contribution in [3.8, 4) is 0 Å². The molecule has 1 amide bonds. The van der Waals surface area contributed by atoms with Crippen LogP contribution in [0.1, 0.15) is 13.8 Å². The number of hydrogen-bond donors (Lipinski definition) is 2. The SMILES string of the molecule is CC(C)C(N)C(=O)Nc1cccc(Br)n1. The first-order chi connectivity index (χ1) is 7.00. The van der Waals surface area contributed by atoms with Gasteiger partial charge in [0.15, 0.2) is 0 Å². The first-order valence-corrected chi connectivity index (χ1v) is 5.49. The quantitative estimate of drug-likeness (QED) is 0.824. The number of nitrogens with one attached hydrogen (secondary N) is 1. The number of nitrogens with zero attached hydrogens (tertiary/aromatic N) is 1. The highest BCUT2D eigenvalue weighted by molar-refractivity contribution is 9.10. The molecule has 1 aromatic rings. The van der Waals surface area contributed by atoms with Crippen molar-refractivity contribution in [3.05, 3.63) is 22.8 Å². The van der Waals surface area contributed by atoms with Crippen molar-refractivity contribution >= 4 is 27.7 Å². The summed E-state index contributed by atoms with van der Waals surface area (Å²) in [6.07, 6.45) is 0. The van der Waals surface area contributed by atoms with Crippen molar-refractivity contribution < 1.29 is 4.79 Å². The zero-order chi connectivity index (χ0) is 11.4. The van der Waals surface area contributed by atoms with Crippen molar-refractivity contribution in [3.63, 3.8) is 0 Å². The molecule has 0 bridgehead atoms. The van der Waals surface area contributed by atoms with Crippen LogP contribution in [-0.2, 0) is 4.79 Å². The van der Waals surface area contributed by atoms with E-state index >= 15 is 0 Å². The highest BCUT2D eigenvalue weighted by Gasteiger charge is 2.17. The number of halogens is 1. The maximum atomic E-state index is 11.6. The molecule has 0 saturated carbocycles.